The smallest absolute Gasteiger partial charge is 0.410 e. The van der Waals surface area contributed by atoms with Crippen molar-refractivity contribution < 1.29 is 14.3 Å². The van der Waals surface area contributed by atoms with Gasteiger partial charge in [-0.3, -0.25) is 0 Å². The maximum Gasteiger partial charge on any atom is 0.410 e. The van der Waals surface area contributed by atoms with E-state index in [2.05, 4.69) is 67.8 Å². The second-order valence-corrected chi connectivity index (χ2v) is 8.34. The Labute approximate surface area is 130 Å². The minimum absolute atomic E-state index is 0.249. The van der Waals surface area contributed by atoms with Crippen LogP contribution in [0.1, 0.15) is 0 Å². The molecule has 0 bridgehead atoms. The van der Waals surface area contributed by atoms with Crippen LogP contribution in [0.4, 0.5) is 4.79 Å². The molecule has 1 fully saturated rings. The average molecular weight is 549 g/mol. The van der Waals surface area contributed by atoms with E-state index >= 15 is 0 Å². The summed E-state index contributed by atoms with van der Waals surface area (Å²) in [5, 5.41) is 0. The summed E-state index contributed by atoms with van der Waals surface area (Å²) in [4.78, 5) is 13.2. The Morgan fingerprint density at radius 1 is 1.27 bits per heavy atom. The van der Waals surface area contributed by atoms with Gasteiger partial charge in [0, 0.05) is 16.7 Å². The Hall–Kier alpha value is 1.16. The molecule has 0 aromatic carbocycles. The van der Waals surface area contributed by atoms with Crippen molar-refractivity contribution in [3.05, 3.63) is 5.17 Å². The van der Waals surface area contributed by atoms with Crippen LogP contribution in [-0.2, 0) is 9.47 Å². The van der Waals surface area contributed by atoms with Gasteiger partial charge in [-0.25, -0.2) is 4.79 Å². The van der Waals surface area contributed by atoms with Crippen molar-refractivity contribution in [2.45, 2.75) is 0 Å². The van der Waals surface area contributed by atoms with Crippen molar-refractivity contribution in [2.75, 3.05) is 32.9 Å². The largest absolute Gasteiger partial charge is 0.444 e. The van der Waals surface area contributed by atoms with Crippen LogP contribution >= 0.6 is 67.8 Å². The van der Waals surface area contributed by atoms with Gasteiger partial charge >= 0.3 is 6.09 Å². The Bertz CT molecular complexity index is 260. The standard InChI is InChI=1S/C8H10I3NO3/c9-6(7(10)11)5-15-8(13)12-1-3-14-4-2-12/h1-5H2. The Kier molecular flexibility index (Phi) is 7.09. The molecule has 86 valence electrons. The van der Waals surface area contributed by atoms with E-state index in [0.29, 0.717) is 32.9 Å². The van der Waals surface area contributed by atoms with Gasteiger partial charge in [-0.2, -0.15) is 0 Å². The first kappa shape index (κ1) is 14.2. The Morgan fingerprint density at radius 3 is 2.40 bits per heavy atom. The third-order valence-electron chi connectivity index (χ3n) is 1.80. The van der Waals surface area contributed by atoms with Gasteiger partial charge in [0.05, 0.1) is 14.8 Å². The van der Waals surface area contributed by atoms with Gasteiger partial charge in [0.25, 0.3) is 0 Å². The van der Waals surface area contributed by atoms with E-state index in [0.717, 1.165) is 5.17 Å². The summed E-state index contributed by atoms with van der Waals surface area (Å²) in [5.41, 5.74) is 0. The van der Waals surface area contributed by atoms with Crippen molar-refractivity contribution in [3.63, 3.8) is 0 Å². The molecule has 0 atom stereocenters. The molecule has 1 amide bonds. The van der Waals surface area contributed by atoms with Gasteiger partial charge in [-0.05, 0) is 67.8 Å². The predicted molar refractivity (Wildman–Crippen MR) is 82.8 cm³/mol. The quantitative estimate of drug-likeness (QED) is 0.498. The van der Waals surface area contributed by atoms with Crippen LogP contribution in [-0.4, -0.2) is 43.9 Å². The highest BCUT2D eigenvalue weighted by atomic mass is 127. The van der Waals surface area contributed by atoms with E-state index in [1.807, 2.05) is 0 Å². The van der Waals surface area contributed by atoms with Gasteiger partial charge in [-0.15, -0.1) is 0 Å². The van der Waals surface area contributed by atoms with Crippen molar-refractivity contribution in [1.82, 2.24) is 4.90 Å². The van der Waals surface area contributed by atoms with Crippen LogP contribution in [0.15, 0.2) is 5.17 Å². The SMILES string of the molecule is O=C(OCC(I)=C(I)I)N1CCOCC1. The summed E-state index contributed by atoms with van der Waals surface area (Å²) in [6, 6.07) is 0. The van der Waals surface area contributed by atoms with E-state index in [9.17, 15) is 4.79 Å². The van der Waals surface area contributed by atoms with Gasteiger partial charge in [0.2, 0.25) is 0 Å². The normalized spacial score (nSPS) is 16.1. The number of ether oxygens (including phenoxy) is 2. The molecule has 0 aliphatic carbocycles. The summed E-state index contributed by atoms with van der Waals surface area (Å²) < 4.78 is 12.5. The summed E-state index contributed by atoms with van der Waals surface area (Å²) >= 11 is 6.59. The van der Waals surface area contributed by atoms with Crippen molar-refractivity contribution >= 4 is 73.9 Å². The Balaban J connectivity index is 2.32. The van der Waals surface area contributed by atoms with Crippen LogP contribution in [0.2, 0.25) is 0 Å². The number of hydrogen-bond donors (Lipinski definition) is 0. The van der Waals surface area contributed by atoms with Crippen LogP contribution in [0.3, 0.4) is 0 Å². The third kappa shape index (κ3) is 5.35. The molecule has 0 spiro atoms. The zero-order chi connectivity index (χ0) is 11.3. The second kappa shape index (κ2) is 7.48. The molecule has 7 heteroatoms. The molecule has 4 nitrogen and oxygen atoms in total. The first-order chi connectivity index (χ1) is 7.11. The van der Waals surface area contributed by atoms with Crippen LogP contribution in [0.5, 0.6) is 0 Å². The van der Waals surface area contributed by atoms with Gasteiger partial charge in [-0.1, -0.05) is 0 Å². The number of morpholine rings is 1. The lowest BCUT2D eigenvalue weighted by molar-refractivity contribution is 0.0300. The van der Waals surface area contributed by atoms with E-state index < -0.39 is 0 Å². The van der Waals surface area contributed by atoms with E-state index in [1.165, 1.54) is 0 Å². The van der Waals surface area contributed by atoms with E-state index in [1.54, 1.807) is 4.90 Å². The van der Waals surface area contributed by atoms with Crippen molar-refractivity contribution in [2.24, 2.45) is 0 Å². The average Bonchev–Trinajstić information content (AvgIpc) is 2.26. The van der Waals surface area contributed by atoms with Crippen molar-refractivity contribution in [3.8, 4) is 0 Å². The number of halogens is 3. The number of rotatable bonds is 2. The number of carbonyl (C=O) groups is 1. The van der Waals surface area contributed by atoms with Gasteiger partial charge in [0.1, 0.15) is 6.61 Å². The van der Waals surface area contributed by atoms with Gasteiger partial charge in [0.15, 0.2) is 0 Å². The zero-order valence-electron chi connectivity index (χ0n) is 7.84. The van der Waals surface area contributed by atoms with Crippen LogP contribution in [0.25, 0.3) is 0 Å². The maximum absolute atomic E-state index is 11.5. The predicted octanol–water partition coefficient (Wildman–Crippen LogP) is 2.93. The lowest BCUT2D eigenvalue weighted by Gasteiger charge is -2.25. The molecule has 0 radical (unpaired) electrons. The molecule has 0 unspecified atom stereocenters. The van der Waals surface area contributed by atoms with E-state index in [4.69, 9.17) is 9.47 Å². The van der Waals surface area contributed by atoms with Gasteiger partial charge < -0.3 is 14.4 Å². The van der Waals surface area contributed by atoms with Crippen LogP contribution in [0, 0.1) is 0 Å². The molecule has 0 N–H and O–H groups in total. The molecular weight excluding hydrogens is 539 g/mol. The molecular formula is C8H10I3NO3. The summed E-state index contributed by atoms with van der Waals surface area (Å²) in [6.45, 7) is 2.82. The lowest BCUT2D eigenvalue weighted by atomic mass is 10.5. The first-order valence-electron chi connectivity index (χ1n) is 4.30. The monoisotopic (exact) mass is 549 g/mol. The lowest BCUT2D eigenvalue weighted by Crippen LogP contribution is -2.41. The summed E-state index contributed by atoms with van der Waals surface area (Å²) in [5.74, 6) is 0. The number of nitrogens with zero attached hydrogens (tertiary/aromatic N) is 1. The summed E-state index contributed by atoms with van der Waals surface area (Å²) in [6.07, 6.45) is -0.249. The fourth-order valence-electron chi connectivity index (χ4n) is 1.02. The zero-order valence-corrected chi connectivity index (χ0v) is 14.3. The molecule has 0 aromatic rings. The second-order valence-electron chi connectivity index (χ2n) is 2.82. The molecule has 1 saturated heterocycles. The fourth-order valence-corrected chi connectivity index (χ4v) is 1.48. The maximum atomic E-state index is 11.5. The number of hydrogen-bond acceptors (Lipinski definition) is 3. The number of amides is 1. The fraction of sp³-hybridized carbons (Fsp3) is 0.625. The summed E-state index contributed by atoms with van der Waals surface area (Å²) in [7, 11) is 0. The number of carbonyl (C=O) groups excluding carboxylic acids is 1. The molecule has 1 rings (SSSR count). The van der Waals surface area contributed by atoms with Crippen LogP contribution < -0.4 is 0 Å². The molecule has 0 saturated carbocycles. The highest BCUT2D eigenvalue weighted by molar-refractivity contribution is 14.2. The van der Waals surface area contributed by atoms with Crippen molar-refractivity contribution in [1.29, 1.82) is 0 Å². The molecule has 1 aliphatic heterocycles. The molecule has 0 aromatic heterocycles. The highest BCUT2D eigenvalue weighted by Gasteiger charge is 2.18. The molecule has 15 heavy (non-hydrogen) atoms. The van der Waals surface area contributed by atoms with E-state index in [-0.39, 0.29) is 6.09 Å². The minimum Gasteiger partial charge on any atom is -0.444 e. The topological polar surface area (TPSA) is 38.8 Å². The first-order valence-corrected chi connectivity index (χ1v) is 7.54. The molecule has 1 heterocycles. The Morgan fingerprint density at radius 2 is 1.87 bits per heavy atom. The molecule has 1 aliphatic rings. The minimum atomic E-state index is -0.249. The highest BCUT2D eigenvalue weighted by Crippen LogP contribution is 2.25. The third-order valence-corrected chi connectivity index (χ3v) is 6.01.